The van der Waals surface area contributed by atoms with E-state index in [9.17, 15) is 13.2 Å². The van der Waals surface area contributed by atoms with Crippen molar-refractivity contribution in [3.63, 3.8) is 0 Å². The van der Waals surface area contributed by atoms with Crippen LogP contribution in [0.1, 0.15) is 19.8 Å². The van der Waals surface area contributed by atoms with E-state index in [0.717, 1.165) is 24.3 Å². The second-order valence-electron chi connectivity index (χ2n) is 6.72. The van der Waals surface area contributed by atoms with E-state index >= 15 is 0 Å². The maximum atomic E-state index is 12.5. The summed E-state index contributed by atoms with van der Waals surface area (Å²) in [6.45, 7) is 2.89. The maximum Gasteiger partial charge on any atom is 0.246 e. The summed E-state index contributed by atoms with van der Waals surface area (Å²) in [5.74, 6) is 0.526. The minimum absolute atomic E-state index is 0.217. The molecule has 0 bridgehead atoms. The number of rotatable bonds is 7. The van der Waals surface area contributed by atoms with Gasteiger partial charge in [0.05, 0.1) is 12.0 Å². The van der Waals surface area contributed by atoms with Gasteiger partial charge in [-0.2, -0.15) is 4.31 Å². The van der Waals surface area contributed by atoms with Crippen LogP contribution in [0.15, 0.2) is 53.4 Å². The Kier molecular flexibility index (Phi) is 6.21. The Bertz CT molecular complexity index is 905. The molecule has 1 saturated heterocycles. The third kappa shape index (κ3) is 4.63. The van der Waals surface area contributed by atoms with Crippen molar-refractivity contribution >= 4 is 27.3 Å². The van der Waals surface area contributed by atoms with E-state index in [2.05, 4.69) is 10.6 Å². The Morgan fingerprint density at radius 2 is 1.57 bits per heavy atom. The van der Waals surface area contributed by atoms with Crippen LogP contribution >= 0.6 is 0 Å². The lowest BCUT2D eigenvalue weighted by atomic mass is 10.2. The number of hydrogen-bond acceptors (Lipinski definition) is 5. The molecule has 0 radical (unpaired) electrons. The summed E-state index contributed by atoms with van der Waals surface area (Å²) in [6, 6.07) is 13.1. The highest BCUT2D eigenvalue weighted by atomic mass is 32.2. The first-order chi connectivity index (χ1) is 13.4. The Hall–Kier alpha value is -2.58. The van der Waals surface area contributed by atoms with Gasteiger partial charge >= 0.3 is 0 Å². The first-order valence-electron chi connectivity index (χ1n) is 9.22. The second kappa shape index (κ2) is 8.62. The normalized spacial score (nSPS) is 15.8. The van der Waals surface area contributed by atoms with Gasteiger partial charge in [0, 0.05) is 24.5 Å². The minimum atomic E-state index is -3.45. The van der Waals surface area contributed by atoms with Crippen LogP contribution in [0.3, 0.4) is 0 Å². The number of carbonyl (C=O) groups is 1. The van der Waals surface area contributed by atoms with Gasteiger partial charge < -0.3 is 15.4 Å². The van der Waals surface area contributed by atoms with Crippen LogP contribution in [-0.4, -0.2) is 44.9 Å². The molecule has 2 aromatic carbocycles. The molecule has 1 aliphatic heterocycles. The van der Waals surface area contributed by atoms with Gasteiger partial charge in [0.2, 0.25) is 15.9 Å². The fourth-order valence-electron chi connectivity index (χ4n) is 3.04. The third-order valence-corrected chi connectivity index (χ3v) is 6.60. The Morgan fingerprint density at radius 1 is 1.00 bits per heavy atom. The number of nitrogens with zero attached hydrogens (tertiary/aromatic N) is 1. The minimum Gasteiger partial charge on any atom is -0.497 e. The lowest BCUT2D eigenvalue weighted by Crippen LogP contribution is -2.32. The van der Waals surface area contributed by atoms with Crippen molar-refractivity contribution in [1.29, 1.82) is 0 Å². The molecule has 0 saturated carbocycles. The summed E-state index contributed by atoms with van der Waals surface area (Å²) in [6.07, 6.45) is 1.79. The molecule has 1 atom stereocenters. The predicted octanol–water partition coefficient (Wildman–Crippen LogP) is 2.92. The van der Waals surface area contributed by atoms with Crippen LogP contribution in [-0.2, 0) is 14.8 Å². The van der Waals surface area contributed by atoms with E-state index in [0.29, 0.717) is 18.8 Å². The number of carbonyl (C=O) groups excluding carboxylic acids is 1. The Labute approximate surface area is 165 Å². The largest absolute Gasteiger partial charge is 0.497 e. The fourth-order valence-corrected chi connectivity index (χ4v) is 4.56. The second-order valence-corrected chi connectivity index (χ2v) is 8.66. The molecule has 7 nitrogen and oxygen atoms in total. The highest BCUT2D eigenvalue weighted by molar-refractivity contribution is 7.89. The molecule has 8 heteroatoms. The van der Waals surface area contributed by atoms with Gasteiger partial charge in [0.15, 0.2) is 0 Å². The number of sulfonamides is 1. The van der Waals surface area contributed by atoms with Gasteiger partial charge in [-0.3, -0.25) is 4.79 Å². The van der Waals surface area contributed by atoms with Gasteiger partial charge in [0.25, 0.3) is 0 Å². The molecular formula is C20H25N3O4S. The Morgan fingerprint density at radius 3 is 2.14 bits per heavy atom. The van der Waals surface area contributed by atoms with Crippen molar-refractivity contribution in [2.24, 2.45) is 0 Å². The van der Waals surface area contributed by atoms with Crippen molar-refractivity contribution in [3.8, 4) is 5.75 Å². The van der Waals surface area contributed by atoms with Crippen molar-refractivity contribution in [3.05, 3.63) is 48.5 Å². The molecule has 1 heterocycles. The number of ether oxygens (including phenoxy) is 1. The maximum absolute atomic E-state index is 12.5. The van der Waals surface area contributed by atoms with E-state index in [1.165, 1.54) is 16.4 Å². The summed E-state index contributed by atoms with van der Waals surface area (Å²) < 4.78 is 31.7. The summed E-state index contributed by atoms with van der Waals surface area (Å²) in [4.78, 5) is 12.7. The van der Waals surface area contributed by atoms with Crippen molar-refractivity contribution in [2.75, 3.05) is 30.8 Å². The molecule has 1 aliphatic rings. The number of hydrogen-bond donors (Lipinski definition) is 2. The van der Waals surface area contributed by atoms with Crippen LogP contribution in [0, 0.1) is 0 Å². The molecule has 2 N–H and O–H groups in total. The van der Waals surface area contributed by atoms with Crippen molar-refractivity contribution < 1.29 is 17.9 Å². The highest BCUT2D eigenvalue weighted by Gasteiger charge is 2.27. The van der Waals surface area contributed by atoms with Gasteiger partial charge in [-0.1, -0.05) is 0 Å². The molecule has 28 heavy (non-hydrogen) atoms. The van der Waals surface area contributed by atoms with E-state index in [1.807, 2.05) is 24.3 Å². The zero-order valence-corrected chi connectivity index (χ0v) is 16.8. The molecule has 150 valence electrons. The van der Waals surface area contributed by atoms with Gasteiger partial charge in [-0.25, -0.2) is 8.42 Å². The molecule has 0 aliphatic carbocycles. The van der Waals surface area contributed by atoms with Crippen LogP contribution in [0.5, 0.6) is 5.75 Å². The summed E-state index contributed by atoms with van der Waals surface area (Å²) in [5, 5.41) is 5.91. The molecule has 2 aromatic rings. The predicted molar refractivity (Wildman–Crippen MR) is 109 cm³/mol. The summed E-state index contributed by atoms with van der Waals surface area (Å²) >= 11 is 0. The number of nitrogens with one attached hydrogen (secondary N) is 2. The first kappa shape index (κ1) is 20.2. The molecular weight excluding hydrogens is 378 g/mol. The van der Waals surface area contributed by atoms with Crippen molar-refractivity contribution in [2.45, 2.75) is 30.7 Å². The van der Waals surface area contributed by atoms with Crippen LogP contribution in [0.2, 0.25) is 0 Å². The van der Waals surface area contributed by atoms with Crippen LogP contribution in [0.25, 0.3) is 0 Å². The van der Waals surface area contributed by atoms with E-state index < -0.39 is 16.1 Å². The zero-order chi connectivity index (χ0) is 20.1. The number of anilines is 2. The zero-order valence-electron chi connectivity index (χ0n) is 16.0. The first-order valence-corrected chi connectivity index (χ1v) is 10.7. The van der Waals surface area contributed by atoms with E-state index in [1.54, 1.807) is 26.2 Å². The molecule has 0 unspecified atom stereocenters. The molecule has 1 amide bonds. The number of amides is 1. The lowest BCUT2D eigenvalue weighted by Gasteiger charge is -2.17. The third-order valence-electron chi connectivity index (χ3n) is 4.69. The average Bonchev–Trinajstić information content (AvgIpc) is 3.25. The van der Waals surface area contributed by atoms with Crippen molar-refractivity contribution in [1.82, 2.24) is 4.31 Å². The SMILES string of the molecule is COc1ccc(N[C@H](C)C(=O)Nc2ccc(S(=O)(=O)N3CCCC3)cc2)cc1. The monoisotopic (exact) mass is 403 g/mol. The average molecular weight is 404 g/mol. The Balaban J connectivity index is 1.60. The molecule has 0 spiro atoms. The molecule has 0 aromatic heterocycles. The summed E-state index contributed by atoms with van der Waals surface area (Å²) in [5.41, 5.74) is 1.35. The lowest BCUT2D eigenvalue weighted by molar-refractivity contribution is -0.116. The quantitative estimate of drug-likeness (QED) is 0.742. The van der Waals surface area contributed by atoms with Crippen LogP contribution in [0.4, 0.5) is 11.4 Å². The van der Waals surface area contributed by atoms with Gasteiger partial charge in [0.1, 0.15) is 11.8 Å². The fraction of sp³-hybridized carbons (Fsp3) is 0.350. The van der Waals surface area contributed by atoms with Crippen LogP contribution < -0.4 is 15.4 Å². The van der Waals surface area contributed by atoms with E-state index in [-0.39, 0.29) is 10.8 Å². The molecule has 3 rings (SSSR count). The number of methoxy groups -OCH3 is 1. The standard InChI is InChI=1S/C20H25N3O4S/c1-15(21-16-5-9-18(27-2)10-6-16)20(24)22-17-7-11-19(12-8-17)28(25,26)23-13-3-4-14-23/h5-12,15,21H,3-4,13-14H2,1-2H3,(H,22,24)/t15-/m1/s1. The van der Waals surface area contributed by atoms with Gasteiger partial charge in [-0.05, 0) is 68.3 Å². The summed E-state index contributed by atoms with van der Waals surface area (Å²) in [7, 11) is -1.85. The number of benzene rings is 2. The molecule has 1 fully saturated rings. The van der Waals surface area contributed by atoms with Gasteiger partial charge in [-0.15, -0.1) is 0 Å². The smallest absolute Gasteiger partial charge is 0.246 e. The topological polar surface area (TPSA) is 87.7 Å². The highest BCUT2D eigenvalue weighted by Crippen LogP contribution is 2.22. The van der Waals surface area contributed by atoms with E-state index in [4.69, 9.17) is 4.74 Å².